The normalized spacial score (nSPS) is 11.8. The van der Waals surface area contributed by atoms with Gasteiger partial charge in [-0.2, -0.15) is 4.99 Å². The lowest BCUT2D eigenvalue weighted by atomic mass is 10.3. The van der Waals surface area contributed by atoms with Gasteiger partial charge >= 0.3 is 0 Å². The second kappa shape index (κ2) is 11.9. The standard InChI is InChI=1S/C23H28N2O4S2/c1-4-29-14-13-25-20-12-9-18(28-3)16-21(20)31-23(25)24-22(26)6-5-15-30-19-10-7-17(27-2)8-11-19/h7-12,16H,4-6,13-15H2,1-3H3. The zero-order valence-corrected chi connectivity index (χ0v) is 19.8. The van der Waals surface area contributed by atoms with E-state index in [1.807, 2.05) is 49.4 Å². The maximum Gasteiger partial charge on any atom is 0.248 e. The average Bonchev–Trinajstić information content (AvgIpc) is 3.13. The molecule has 0 aliphatic heterocycles. The molecular weight excluding hydrogens is 432 g/mol. The van der Waals surface area contributed by atoms with Crippen molar-refractivity contribution in [1.29, 1.82) is 0 Å². The summed E-state index contributed by atoms with van der Waals surface area (Å²) in [4.78, 5) is 18.8. The summed E-state index contributed by atoms with van der Waals surface area (Å²) in [6.45, 7) is 3.86. The second-order valence-electron chi connectivity index (χ2n) is 6.70. The van der Waals surface area contributed by atoms with Gasteiger partial charge in [0.15, 0.2) is 4.80 Å². The summed E-state index contributed by atoms with van der Waals surface area (Å²) in [6, 6.07) is 13.9. The van der Waals surface area contributed by atoms with Gasteiger partial charge in [0.25, 0.3) is 0 Å². The van der Waals surface area contributed by atoms with Crippen LogP contribution in [0.25, 0.3) is 10.2 Å². The van der Waals surface area contributed by atoms with E-state index in [4.69, 9.17) is 14.2 Å². The first kappa shape index (κ1) is 23.4. The summed E-state index contributed by atoms with van der Waals surface area (Å²) < 4.78 is 19.1. The van der Waals surface area contributed by atoms with E-state index in [-0.39, 0.29) is 5.91 Å². The molecule has 0 N–H and O–H groups in total. The van der Waals surface area contributed by atoms with Crippen molar-refractivity contribution < 1.29 is 19.0 Å². The van der Waals surface area contributed by atoms with Crippen molar-refractivity contribution in [3.05, 3.63) is 47.3 Å². The Balaban J connectivity index is 1.66. The van der Waals surface area contributed by atoms with E-state index in [2.05, 4.69) is 9.56 Å². The maximum atomic E-state index is 12.5. The number of carbonyl (C=O) groups is 1. The van der Waals surface area contributed by atoms with Crippen molar-refractivity contribution >= 4 is 39.2 Å². The molecule has 0 fully saturated rings. The molecule has 0 unspecified atom stereocenters. The highest BCUT2D eigenvalue weighted by atomic mass is 32.2. The number of benzene rings is 2. The lowest BCUT2D eigenvalue weighted by Crippen LogP contribution is -2.19. The van der Waals surface area contributed by atoms with E-state index in [0.717, 1.165) is 38.8 Å². The molecule has 0 radical (unpaired) electrons. The molecule has 0 saturated heterocycles. The Bertz CT molecular complexity index is 1060. The van der Waals surface area contributed by atoms with Crippen molar-refractivity contribution in [3.8, 4) is 11.5 Å². The summed E-state index contributed by atoms with van der Waals surface area (Å²) >= 11 is 3.23. The third kappa shape index (κ3) is 6.59. The van der Waals surface area contributed by atoms with Gasteiger partial charge in [0.05, 0.1) is 31.0 Å². The van der Waals surface area contributed by atoms with Gasteiger partial charge in [0.2, 0.25) is 5.91 Å². The maximum absolute atomic E-state index is 12.5. The lowest BCUT2D eigenvalue weighted by molar-refractivity contribution is -0.118. The number of thioether (sulfide) groups is 1. The zero-order valence-electron chi connectivity index (χ0n) is 18.1. The molecule has 0 bridgehead atoms. The van der Waals surface area contributed by atoms with E-state index in [9.17, 15) is 4.79 Å². The van der Waals surface area contributed by atoms with Crippen molar-refractivity contribution in [2.75, 3.05) is 33.2 Å². The first-order chi connectivity index (χ1) is 15.1. The minimum atomic E-state index is -0.0981. The van der Waals surface area contributed by atoms with Crippen molar-refractivity contribution in [2.45, 2.75) is 31.2 Å². The number of methoxy groups -OCH3 is 2. The summed E-state index contributed by atoms with van der Waals surface area (Å²) in [5, 5.41) is 0. The third-order valence-corrected chi connectivity index (χ3v) is 6.78. The van der Waals surface area contributed by atoms with Crippen molar-refractivity contribution in [1.82, 2.24) is 4.57 Å². The van der Waals surface area contributed by atoms with E-state index < -0.39 is 0 Å². The van der Waals surface area contributed by atoms with Gasteiger partial charge in [-0.15, -0.1) is 11.8 Å². The summed E-state index contributed by atoms with van der Waals surface area (Å²) in [7, 11) is 3.31. The summed E-state index contributed by atoms with van der Waals surface area (Å²) in [5.41, 5.74) is 1.03. The summed E-state index contributed by atoms with van der Waals surface area (Å²) in [6.07, 6.45) is 1.20. The molecule has 1 amide bonds. The first-order valence-electron chi connectivity index (χ1n) is 10.2. The minimum Gasteiger partial charge on any atom is -0.497 e. The molecule has 166 valence electrons. The Hall–Kier alpha value is -2.29. The highest BCUT2D eigenvalue weighted by Crippen LogP contribution is 2.24. The highest BCUT2D eigenvalue weighted by Gasteiger charge is 2.09. The predicted octanol–water partition coefficient (Wildman–Crippen LogP) is 4.76. The SMILES string of the molecule is CCOCCn1c(=NC(=O)CCCSc2ccc(OC)cc2)sc2cc(OC)ccc21. The second-order valence-corrected chi connectivity index (χ2v) is 8.88. The van der Waals surface area contributed by atoms with E-state index in [0.29, 0.717) is 31.0 Å². The Morgan fingerprint density at radius 3 is 2.55 bits per heavy atom. The number of hydrogen-bond donors (Lipinski definition) is 0. The van der Waals surface area contributed by atoms with E-state index in [1.165, 1.54) is 11.3 Å². The fourth-order valence-electron chi connectivity index (χ4n) is 3.03. The number of aromatic nitrogens is 1. The topological polar surface area (TPSA) is 62.1 Å². The predicted molar refractivity (Wildman–Crippen MR) is 126 cm³/mol. The number of nitrogens with zero attached hydrogens (tertiary/aromatic N) is 2. The quantitative estimate of drug-likeness (QED) is 0.305. The number of carbonyl (C=O) groups excluding carboxylic acids is 1. The number of fused-ring (bicyclic) bond motifs is 1. The lowest BCUT2D eigenvalue weighted by Gasteiger charge is -2.06. The average molecular weight is 461 g/mol. The van der Waals surface area contributed by atoms with Crippen LogP contribution in [0.15, 0.2) is 52.4 Å². The zero-order chi connectivity index (χ0) is 22.1. The van der Waals surface area contributed by atoms with Crippen LogP contribution < -0.4 is 14.3 Å². The molecule has 2 aromatic carbocycles. The van der Waals surface area contributed by atoms with Crippen LogP contribution in [-0.2, 0) is 16.1 Å². The van der Waals surface area contributed by atoms with Gasteiger partial charge in [0.1, 0.15) is 11.5 Å². The van der Waals surface area contributed by atoms with Gasteiger partial charge in [-0.3, -0.25) is 4.79 Å². The van der Waals surface area contributed by atoms with E-state index >= 15 is 0 Å². The monoisotopic (exact) mass is 460 g/mol. The van der Waals surface area contributed by atoms with Crippen LogP contribution in [0.1, 0.15) is 19.8 Å². The van der Waals surface area contributed by atoms with Gasteiger partial charge in [-0.25, -0.2) is 0 Å². The Morgan fingerprint density at radius 1 is 1.10 bits per heavy atom. The fraction of sp³-hybridized carbons (Fsp3) is 0.391. The third-order valence-electron chi connectivity index (χ3n) is 4.64. The molecule has 1 heterocycles. The molecule has 3 rings (SSSR count). The largest absolute Gasteiger partial charge is 0.497 e. The molecule has 8 heteroatoms. The molecule has 0 aliphatic rings. The van der Waals surface area contributed by atoms with Crippen molar-refractivity contribution in [3.63, 3.8) is 0 Å². The van der Waals surface area contributed by atoms with Crippen molar-refractivity contribution in [2.24, 2.45) is 4.99 Å². The molecule has 31 heavy (non-hydrogen) atoms. The number of ether oxygens (including phenoxy) is 3. The van der Waals surface area contributed by atoms with Crippen LogP contribution in [0.2, 0.25) is 0 Å². The van der Waals surface area contributed by atoms with Gasteiger partial charge < -0.3 is 18.8 Å². The minimum absolute atomic E-state index is 0.0981. The van der Waals surface area contributed by atoms with Crippen LogP contribution in [0.3, 0.4) is 0 Å². The molecular formula is C23H28N2O4S2. The highest BCUT2D eigenvalue weighted by molar-refractivity contribution is 7.99. The molecule has 0 aliphatic carbocycles. The smallest absolute Gasteiger partial charge is 0.248 e. The van der Waals surface area contributed by atoms with Crippen LogP contribution in [0, 0.1) is 0 Å². The Kier molecular flexibility index (Phi) is 8.99. The number of hydrogen-bond acceptors (Lipinski definition) is 6. The van der Waals surface area contributed by atoms with Crippen LogP contribution in [0.5, 0.6) is 11.5 Å². The molecule has 0 spiro atoms. The van der Waals surface area contributed by atoms with Gasteiger partial charge in [-0.05, 0) is 61.6 Å². The van der Waals surface area contributed by atoms with Crippen LogP contribution in [0.4, 0.5) is 0 Å². The molecule has 0 atom stereocenters. The molecule has 3 aromatic rings. The van der Waals surface area contributed by atoms with Gasteiger partial charge in [0, 0.05) is 24.5 Å². The van der Waals surface area contributed by atoms with E-state index in [1.54, 1.807) is 26.0 Å². The Labute approximate surface area is 190 Å². The number of thiazole rings is 1. The summed E-state index contributed by atoms with van der Waals surface area (Å²) in [5.74, 6) is 2.40. The first-order valence-corrected chi connectivity index (χ1v) is 12.0. The van der Waals surface area contributed by atoms with Crippen LogP contribution >= 0.6 is 23.1 Å². The Morgan fingerprint density at radius 2 is 1.84 bits per heavy atom. The van der Waals surface area contributed by atoms with Crippen LogP contribution in [-0.4, -0.2) is 43.7 Å². The number of amides is 1. The van der Waals surface area contributed by atoms with Gasteiger partial charge in [-0.1, -0.05) is 11.3 Å². The molecule has 1 aromatic heterocycles. The molecule has 0 saturated carbocycles. The number of rotatable bonds is 11. The molecule has 6 nitrogen and oxygen atoms in total. The fourth-order valence-corrected chi connectivity index (χ4v) is 4.98.